The molecule has 2 saturated heterocycles. The minimum Gasteiger partial charge on any atom is -0.475 e. The number of carboxylic acids is 1. The van der Waals surface area contributed by atoms with Crippen LogP contribution >= 0.6 is 11.6 Å². The van der Waals surface area contributed by atoms with Crippen LogP contribution in [0.2, 0.25) is 5.02 Å². The lowest BCUT2D eigenvalue weighted by molar-refractivity contribution is -0.192. The van der Waals surface area contributed by atoms with E-state index in [-0.39, 0.29) is 17.2 Å². The van der Waals surface area contributed by atoms with Gasteiger partial charge in [-0.15, -0.1) is 0 Å². The van der Waals surface area contributed by atoms with Crippen molar-refractivity contribution in [1.29, 1.82) is 0 Å². The normalized spacial score (nSPS) is 21.4. The Kier molecular flexibility index (Phi) is 7.90. The number of nitrogens with one attached hydrogen (secondary N) is 1. The molecule has 1 atom stereocenters. The molecule has 2 heterocycles. The van der Waals surface area contributed by atoms with Gasteiger partial charge < -0.3 is 15.2 Å². The number of hydrogen-bond acceptors (Lipinski definition) is 4. The van der Waals surface area contributed by atoms with Gasteiger partial charge in [0.2, 0.25) is 5.91 Å². The molecular weight excluding hydrogens is 413 g/mol. The van der Waals surface area contributed by atoms with E-state index in [1.54, 1.807) is 7.11 Å². The first-order valence-electron chi connectivity index (χ1n) is 9.11. The van der Waals surface area contributed by atoms with E-state index < -0.39 is 12.1 Å². The largest absolute Gasteiger partial charge is 0.490 e. The van der Waals surface area contributed by atoms with Crippen LogP contribution in [0.15, 0.2) is 24.3 Å². The Bertz CT molecular complexity index is 704. The zero-order valence-electron chi connectivity index (χ0n) is 16.0. The van der Waals surface area contributed by atoms with Crippen LogP contribution < -0.4 is 5.32 Å². The standard InChI is InChI=1S/C17H23ClN2O2.C2HF3O2/c1-22-11-15-16(21)19-12-17(15)6-8-20(9-7-17)10-13-2-4-14(18)5-3-13;3-2(4,5)1(6)7/h2-5,15H,6-12H2,1H3,(H,19,21);(H,6,7). The van der Waals surface area contributed by atoms with E-state index in [2.05, 4.69) is 22.3 Å². The number of rotatable bonds is 4. The van der Waals surface area contributed by atoms with Gasteiger partial charge >= 0.3 is 12.1 Å². The molecule has 162 valence electrons. The molecule has 3 rings (SSSR count). The summed E-state index contributed by atoms with van der Waals surface area (Å²) in [6.45, 7) is 4.33. The fourth-order valence-corrected chi connectivity index (χ4v) is 3.86. The molecule has 2 N–H and O–H groups in total. The van der Waals surface area contributed by atoms with Crippen molar-refractivity contribution in [1.82, 2.24) is 10.2 Å². The third kappa shape index (κ3) is 6.32. The number of hydrogen-bond donors (Lipinski definition) is 2. The van der Waals surface area contributed by atoms with E-state index in [4.69, 9.17) is 26.2 Å². The Morgan fingerprint density at radius 3 is 2.34 bits per heavy atom. The second-order valence-electron chi connectivity index (χ2n) is 7.29. The summed E-state index contributed by atoms with van der Waals surface area (Å²) in [5.74, 6) is -2.59. The highest BCUT2D eigenvalue weighted by atomic mass is 35.5. The summed E-state index contributed by atoms with van der Waals surface area (Å²) in [5, 5.41) is 10.9. The molecule has 2 fully saturated rings. The SMILES string of the molecule is COCC1C(=O)NCC12CCN(Cc1ccc(Cl)cc1)CC2.O=C(O)C(F)(F)F. The van der Waals surface area contributed by atoms with Crippen molar-refractivity contribution < 1.29 is 32.6 Å². The number of carboxylic acid groups (broad SMARTS) is 1. The van der Waals surface area contributed by atoms with Crippen LogP contribution in [0.5, 0.6) is 0 Å². The van der Waals surface area contributed by atoms with E-state index in [9.17, 15) is 18.0 Å². The summed E-state index contributed by atoms with van der Waals surface area (Å²) in [5.41, 5.74) is 1.37. The first kappa shape index (κ1) is 23.4. The zero-order chi connectivity index (χ0) is 21.7. The number of carbonyl (C=O) groups is 2. The van der Waals surface area contributed by atoms with E-state index >= 15 is 0 Å². The third-order valence-corrected chi connectivity index (χ3v) is 5.67. The van der Waals surface area contributed by atoms with Gasteiger partial charge in [-0.25, -0.2) is 4.79 Å². The molecule has 1 spiro atoms. The van der Waals surface area contributed by atoms with Gasteiger partial charge in [0.1, 0.15) is 0 Å². The summed E-state index contributed by atoms with van der Waals surface area (Å²) in [7, 11) is 1.68. The smallest absolute Gasteiger partial charge is 0.475 e. The van der Waals surface area contributed by atoms with Gasteiger partial charge in [0.15, 0.2) is 0 Å². The first-order valence-corrected chi connectivity index (χ1v) is 9.49. The summed E-state index contributed by atoms with van der Waals surface area (Å²) in [6.07, 6.45) is -2.99. The predicted molar refractivity (Wildman–Crippen MR) is 100 cm³/mol. The molecule has 2 aliphatic heterocycles. The van der Waals surface area contributed by atoms with Gasteiger partial charge in [0.25, 0.3) is 0 Å². The number of aliphatic carboxylic acids is 1. The molecule has 29 heavy (non-hydrogen) atoms. The van der Waals surface area contributed by atoms with Crippen molar-refractivity contribution in [3.63, 3.8) is 0 Å². The molecule has 6 nitrogen and oxygen atoms in total. The number of halogens is 4. The van der Waals surface area contributed by atoms with Crippen molar-refractivity contribution in [3.05, 3.63) is 34.9 Å². The summed E-state index contributed by atoms with van der Waals surface area (Å²) in [6, 6.07) is 8.05. The number of amides is 1. The van der Waals surface area contributed by atoms with Gasteiger partial charge in [0.05, 0.1) is 12.5 Å². The summed E-state index contributed by atoms with van der Waals surface area (Å²) < 4.78 is 37.0. The van der Waals surface area contributed by atoms with Gasteiger partial charge in [-0.05, 0) is 43.6 Å². The van der Waals surface area contributed by atoms with Crippen LogP contribution in [0.3, 0.4) is 0 Å². The van der Waals surface area contributed by atoms with Crippen LogP contribution in [-0.2, 0) is 20.9 Å². The van der Waals surface area contributed by atoms with Crippen LogP contribution in [0.25, 0.3) is 0 Å². The van der Waals surface area contributed by atoms with Crippen LogP contribution in [0, 0.1) is 11.3 Å². The molecule has 10 heteroatoms. The van der Waals surface area contributed by atoms with Crippen molar-refractivity contribution in [2.24, 2.45) is 11.3 Å². The van der Waals surface area contributed by atoms with Gasteiger partial charge in [0, 0.05) is 30.6 Å². The van der Waals surface area contributed by atoms with E-state index in [1.807, 2.05) is 12.1 Å². The molecule has 1 aromatic carbocycles. The summed E-state index contributed by atoms with van der Waals surface area (Å²) >= 11 is 5.93. The number of methoxy groups -OCH3 is 1. The van der Waals surface area contributed by atoms with Gasteiger partial charge in [-0.1, -0.05) is 23.7 Å². The second-order valence-corrected chi connectivity index (χ2v) is 7.73. The van der Waals surface area contributed by atoms with Crippen molar-refractivity contribution in [3.8, 4) is 0 Å². The number of alkyl halides is 3. The van der Waals surface area contributed by atoms with Gasteiger partial charge in [-0.3, -0.25) is 9.69 Å². The highest BCUT2D eigenvalue weighted by molar-refractivity contribution is 6.30. The van der Waals surface area contributed by atoms with Crippen molar-refractivity contribution >= 4 is 23.5 Å². The van der Waals surface area contributed by atoms with Crippen LogP contribution in [-0.4, -0.2) is 61.4 Å². The van der Waals surface area contributed by atoms with Crippen molar-refractivity contribution in [2.45, 2.75) is 25.6 Å². The minimum absolute atomic E-state index is 0.00943. The molecular formula is C19H24ClF3N2O4. The first-order chi connectivity index (χ1) is 13.6. The molecule has 0 aliphatic carbocycles. The van der Waals surface area contributed by atoms with E-state index in [0.29, 0.717) is 6.61 Å². The molecule has 0 radical (unpaired) electrons. The lowest BCUT2D eigenvalue weighted by atomic mass is 9.71. The maximum atomic E-state index is 12.0. The predicted octanol–water partition coefficient (Wildman–Crippen LogP) is 2.95. The third-order valence-electron chi connectivity index (χ3n) is 5.42. The number of nitrogens with zero attached hydrogens (tertiary/aromatic N) is 1. The van der Waals surface area contributed by atoms with Crippen LogP contribution in [0.1, 0.15) is 18.4 Å². The minimum atomic E-state index is -5.08. The number of benzene rings is 1. The monoisotopic (exact) mass is 436 g/mol. The van der Waals surface area contributed by atoms with Gasteiger partial charge in [-0.2, -0.15) is 13.2 Å². The Labute approximate surface area is 172 Å². The fraction of sp³-hybridized carbons (Fsp3) is 0.579. The fourth-order valence-electron chi connectivity index (χ4n) is 3.74. The highest BCUT2D eigenvalue weighted by Crippen LogP contribution is 2.42. The zero-order valence-corrected chi connectivity index (χ0v) is 16.7. The number of ether oxygens (including phenoxy) is 1. The Hall–Kier alpha value is -1.84. The number of likely N-dealkylation sites (tertiary alicyclic amines) is 1. The molecule has 0 aromatic heterocycles. The molecule has 0 bridgehead atoms. The Balaban J connectivity index is 0.000000370. The number of piperidine rings is 1. The Morgan fingerprint density at radius 2 is 1.86 bits per heavy atom. The highest BCUT2D eigenvalue weighted by Gasteiger charge is 2.49. The quantitative estimate of drug-likeness (QED) is 0.758. The maximum Gasteiger partial charge on any atom is 0.490 e. The topological polar surface area (TPSA) is 78.9 Å². The summed E-state index contributed by atoms with van der Waals surface area (Å²) in [4.78, 5) is 23.4. The molecule has 1 aromatic rings. The van der Waals surface area contributed by atoms with E-state index in [0.717, 1.165) is 44.0 Å². The average molecular weight is 437 g/mol. The molecule has 1 amide bonds. The van der Waals surface area contributed by atoms with E-state index in [1.165, 1.54) is 5.56 Å². The van der Waals surface area contributed by atoms with Crippen LogP contribution in [0.4, 0.5) is 13.2 Å². The average Bonchev–Trinajstić information content (AvgIpc) is 2.95. The molecule has 0 saturated carbocycles. The van der Waals surface area contributed by atoms with Crippen molar-refractivity contribution in [2.75, 3.05) is 33.4 Å². The molecule has 2 aliphatic rings. The lowest BCUT2D eigenvalue weighted by Gasteiger charge is -2.41. The Morgan fingerprint density at radius 1 is 1.31 bits per heavy atom. The number of carbonyl (C=O) groups excluding carboxylic acids is 1. The second kappa shape index (κ2) is 9.77. The maximum absolute atomic E-state index is 12.0. The molecule has 1 unspecified atom stereocenters. The lowest BCUT2D eigenvalue weighted by Crippen LogP contribution is -2.45.